The highest BCUT2D eigenvalue weighted by atomic mass is 32.2. The Balaban J connectivity index is 1.80. The second kappa shape index (κ2) is 10.0. The fraction of sp³-hybridized carbons (Fsp3) is 0.333. The van der Waals surface area contributed by atoms with E-state index >= 15 is 0 Å². The topological polar surface area (TPSA) is 58.2 Å². The molecule has 0 radical (unpaired) electrons. The number of benzene rings is 2. The summed E-state index contributed by atoms with van der Waals surface area (Å²) in [6, 6.07) is 15.5. The lowest BCUT2D eigenvalue weighted by Gasteiger charge is -2.09. The molecule has 0 aliphatic carbocycles. The van der Waals surface area contributed by atoms with Crippen molar-refractivity contribution >= 4 is 35.0 Å². The van der Waals surface area contributed by atoms with Gasteiger partial charge in [0.25, 0.3) is 0 Å². The molecule has 2 amide bonds. The highest BCUT2D eigenvalue weighted by Gasteiger charge is 2.06. The molecule has 4 nitrogen and oxygen atoms in total. The number of amides is 2. The first-order valence-electron chi connectivity index (χ1n) is 8.90. The van der Waals surface area contributed by atoms with Crippen LogP contribution in [-0.4, -0.2) is 17.6 Å². The molecule has 0 spiro atoms. The lowest BCUT2D eigenvalue weighted by Crippen LogP contribution is -2.14. The van der Waals surface area contributed by atoms with Crippen LogP contribution in [-0.2, 0) is 9.59 Å². The average Bonchev–Trinajstić information content (AvgIpc) is 2.62. The summed E-state index contributed by atoms with van der Waals surface area (Å²) in [6.45, 7) is 6.26. The molecule has 0 aliphatic heterocycles. The van der Waals surface area contributed by atoms with Gasteiger partial charge >= 0.3 is 0 Å². The van der Waals surface area contributed by atoms with Gasteiger partial charge in [-0.3, -0.25) is 9.59 Å². The number of carbonyl (C=O) groups excluding carboxylic acids is 2. The second-order valence-corrected chi connectivity index (χ2v) is 7.48. The van der Waals surface area contributed by atoms with Crippen molar-refractivity contribution in [2.45, 2.75) is 44.4 Å². The van der Waals surface area contributed by atoms with Crippen molar-refractivity contribution in [3.05, 3.63) is 54.1 Å². The molecule has 0 aromatic heterocycles. The summed E-state index contributed by atoms with van der Waals surface area (Å²) < 4.78 is 0. The molecule has 0 atom stereocenters. The van der Waals surface area contributed by atoms with Crippen LogP contribution in [0.5, 0.6) is 0 Å². The molecule has 0 aliphatic rings. The van der Waals surface area contributed by atoms with Crippen LogP contribution < -0.4 is 10.6 Å². The summed E-state index contributed by atoms with van der Waals surface area (Å²) in [4.78, 5) is 24.7. The predicted molar refractivity (Wildman–Crippen MR) is 110 cm³/mol. The molecule has 0 bridgehead atoms. The van der Waals surface area contributed by atoms with Crippen molar-refractivity contribution in [1.82, 2.24) is 0 Å². The summed E-state index contributed by atoms with van der Waals surface area (Å²) in [7, 11) is 0. The number of carbonyl (C=O) groups is 2. The smallest absolute Gasteiger partial charge is 0.234 e. The molecular weight excluding hydrogens is 344 g/mol. The van der Waals surface area contributed by atoms with Gasteiger partial charge in [0.1, 0.15) is 0 Å². The minimum Gasteiger partial charge on any atom is -0.326 e. The quantitative estimate of drug-likeness (QED) is 0.622. The van der Waals surface area contributed by atoms with Crippen LogP contribution in [0.4, 0.5) is 11.4 Å². The molecule has 0 saturated carbocycles. The summed E-state index contributed by atoms with van der Waals surface area (Å²) >= 11 is 1.47. The van der Waals surface area contributed by atoms with Crippen molar-refractivity contribution in [2.24, 2.45) is 0 Å². The van der Waals surface area contributed by atoms with Crippen molar-refractivity contribution in [1.29, 1.82) is 0 Å². The number of anilines is 2. The van der Waals surface area contributed by atoms with Crippen molar-refractivity contribution < 1.29 is 9.59 Å². The standard InChI is InChI=1S/C21H26N2O2S/c1-4-5-20(24)22-18-10-12-19(13-11-18)26-14-21(25)23-17-8-6-16(7-9-17)15(2)3/h6-13,15H,4-5,14H2,1-3H3,(H,22,24)(H,23,25). The zero-order valence-electron chi connectivity index (χ0n) is 15.5. The summed E-state index contributed by atoms with van der Waals surface area (Å²) in [5.41, 5.74) is 2.85. The lowest BCUT2D eigenvalue weighted by atomic mass is 10.0. The van der Waals surface area contributed by atoms with E-state index in [-0.39, 0.29) is 11.8 Å². The summed E-state index contributed by atoms with van der Waals surface area (Å²) in [5.74, 6) is 0.807. The van der Waals surface area contributed by atoms with Gasteiger partial charge < -0.3 is 10.6 Å². The van der Waals surface area contributed by atoms with Crippen molar-refractivity contribution in [3.63, 3.8) is 0 Å². The zero-order chi connectivity index (χ0) is 18.9. The molecule has 2 rings (SSSR count). The number of hydrogen-bond acceptors (Lipinski definition) is 3. The third-order valence-electron chi connectivity index (χ3n) is 3.85. The van der Waals surface area contributed by atoms with E-state index < -0.39 is 0 Å². The van der Waals surface area contributed by atoms with Gasteiger partial charge in [0.2, 0.25) is 11.8 Å². The van der Waals surface area contributed by atoms with Crippen LogP contribution in [0.25, 0.3) is 0 Å². The van der Waals surface area contributed by atoms with Crippen LogP contribution >= 0.6 is 11.8 Å². The SMILES string of the molecule is CCCC(=O)Nc1ccc(SCC(=O)Nc2ccc(C(C)C)cc2)cc1. The Hall–Kier alpha value is -2.27. The van der Waals surface area contributed by atoms with E-state index in [1.807, 2.05) is 55.5 Å². The van der Waals surface area contributed by atoms with E-state index in [9.17, 15) is 9.59 Å². The van der Waals surface area contributed by atoms with E-state index in [0.717, 1.165) is 22.7 Å². The lowest BCUT2D eigenvalue weighted by molar-refractivity contribution is -0.116. The first kappa shape index (κ1) is 20.0. The fourth-order valence-electron chi connectivity index (χ4n) is 2.38. The number of nitrogens with one attached hydrogen (secondary N) is 2. The Morgan fingerprint density at radius 3 is 1.96 bits per heavy atom. The normalized spacial score (nSPS) is 10.6. The molecule has 0 unspecified atom stereocenters. The van der Waals surface area contributed by atoms with Crippen LogP contribution in [0, 0.1) is 0 Å². The van der Waals surface area contributed by atoms with E-state index in [1.54, 1.807) is 0 Å². The van der Waals surface area contributed by atoms with Crippen LogP contribution in [0.3, 0.4) is 0 Å². The van der Waals surface area contributed by atoms with Gasteiger partial charge in [-0.15, -0.1) is 11.8 Å². The molecule has 2 aromatic rings. The molecule has 0 saturated heterocycles. The van der Waals surface area contributed by atoms with Crippen molar-refractivity contribution in [2.75, 3.05) is 16.4 Å². The van der Waals surface area contributed by atoms with Crippen LogP contribution in [0.2, 0.25) is 0 Å². The largest absolute Gasteiger partial charge is 0.326 e. The van der Waals surface area contributed by atoms with Gasteiger partial charge in [-0.2, -0.15) is 0 Å². The molecule has 2 N–H and O–H groups in total. The predicted octanol–water partition coefficient (Wildman–Crippen LogP) is 5.28. The van der Waals surface area contributed by atoms with Gasteiger partial charge in [-0.1, -0.05) is 32.9 Å². The van der Waals surface area contributed by atoms with Crippen molar-refractivity contribution in [3.8, 4) is 0 Å². The Morgan fingerprint density at radius 1 is 0.885 bits per heavy atom. The monoisotopic (exact) mass is 370 g/mol. The number of hydrogen-bond donors (Lipinski definition) is 2. The third kappa shape index (κ3) is 6.56. The Labute approximate surface area is 159 Å². The molecule has 0 fully saturated rings. The second-order valence-electron chi connectivity index (χ2n) is 6.44. The van der Waals surface area contributed by atoms with E-state index in [4.69, 9.17) is 0 Å². The highest BCUT2D eigenvalue weighted by Crippen LogP contribution is 2.21. The number of rotatable bonds is 8. The summed E-state index contributed by atoms with van der Waals surface area (Å²) in [6.07, 6.45) is 1.35. The van der Waals surface area contributed by atoms with Gasteiger partial charge in [0.15, 0.2) is 0 Å². The molecule has 5 heteroatoms. The van der Waals surface area contributed by atoms with Gasteiger partial charge in [-0.05, 0) is 54.3 Å². The molecule has 2 aromatic carbocycles. The van der Waals surface area contributed by atoms with Crippen LogP contribution in [0.15, 0.2) is 53.4 Å². The fourth-order valence-corrected chi connectivity index (χ4v) is 3.08. The minimum absolute atomic E-state index is 0.0239. The minimum atomic E-state index is -0.0346. The maximum absolute atomic E-state index is 12.1. The molecular formula is C21H26N2O2S. The Kier molecular flexibility index (Phi) is 7.73. The van der Waals surface area contributed by atoms with E-state index in [2.05, 4.69) is 24.5 Å². The first-order chi connectivity index (χ1) is 12.5. The first-order valence-corrected chi connectivity index (χ1v) is 9.89. The zero-order valence-corrected chi connectivity index (χ0v) is 16.4. The van der Waals surface area contributed by atoms with Gasteiger partial charge in [0, 0.05) is 22.7 Å². The maximum atomic E-state index is 12.1. The van der Waals surface area contributed by atoms with Gasteiger partial charge in [0.05, 0.1) is 5.75 Å². The van der Waals surface area contributed by atoms with E-state index in [1.165, 1.54) is 17.3 Å². The number of thioether (sulfide) groups is 1. The summed E-state index contributed by atoms with van der Waals surface area (Å²) in [5, 5.41) is 5.77. The van der Waals surface area contributed by atoms with E-state index in [0.29, 0.717) is 18.1 Å². The molecule has 0 heterocycles. The molecule has 26 heavy (non-hydrogen) atoms. The Morgan fingerprint density at radius 2 is 1.42 bits per heavy atom. The highest BCUT2D eigenvalue weighted by molar-refractivity contribution is 8.00. The third-order valence-corrected chi connectivity index (χ3v) is 4.86. The molecule has 138 valence electrons. The maximum Gasteiger partial charge on any atom is 0.234 e. The van der Waals surface area contributed by atoms with Crippen LogP contribution in [0.1, 0.15) is 45.1 Å². The van der Waals surface area contributed by atoms with Gasteiger partial charge in [-0.25, -0.2) is 0 Å². The Bertz CT molecular complexity index is 725. The average molecular weight is 371 g/mol.